The molecule has 1 aliphatic rings. The monoisotopic (exact) mass is 415 g/mol. The number of benzene rings is 1. The first-order valence-electron chi connectivity index (χ1n) is 10.5. The second kappa shape index (κ2) is 8.09. The third-order valence-electron chi connectivity index (χ3n) is 5.68. The molecule has 0 spiro atoms. The normalized spacial score (nSPS) is 16.4. The molecule has 0 radical (unpaired) electrons. The Morgan fingerprint density at radius 3 is 2.61 bits per heavy atom. The third kappa shape index (κ3) is 3.78. The molecule has 0 bridgehead atoms. The van der Waals surface area contributed by atoms with E-state index in [1.807, 2.05) is 40.9 Å². The number of methoxy groups -OCH3 is 1. The predicted molar refractivity (Wildman–Crippen MR) is 120 cm³/mol. The number of aromatic nitrogens is 4. The fourth-order valence-electron chi connectivity index (χ4n) is 4.20. The smallest absolute Gasteiger partial charge is 0.156 e. The quantitative estimate of drug-likeness (QED) is 0.534. The van der Waals surface area contributed by atoms with Crippen molar-refractivity contribution in [2.45, 2.75) is 32.6 Å². The summed E-state index contributed by atoms with van der Waals surface area (Å²) in [5.74, 6) is 0. The largest absolute Gasteiger partial charge is 0.378 e. The van der Waals surface area contributed by atoms with Crippen molar-refractivity contribution in [1.82, 2.24) is 19.6 Å². The summed E-state index contributed by atoms with van der Waals surface area (Å²) >= 11 is 0. The molecule has 1 atom stereocenters. The molecule has 4 aromatic rings. The van der Waals surface area contributed by atoms with Gasteiger partial charge >= 0.3 is 0 Å². The lowest BCUT2D eigenvalue weighted by Crippen LogP contribution is -2.28. The number of rotatable bonds is 5. The van der Waals surface area contributed by atoms with Gasteiger partial charge < -0.3 is 14.7 Å². The van der Waals surface area contributed by atoms with E-state index in [9.17, 15) is 5.11 Å². The number of anilines is 1. The minimum atomic E-state index is -0.385. The average Bonchev–Trinajstić information content (AvgIpc) is 3.38. The highest BCUT2D eigenvalue weighted by Gasteiger charge is 2.22. The first-order chi connectivity index (χ1) is 15.1. The Kier molecular flexibility index (Phi) is 5.13. The molecule has 3 aromatic heterocycles. The Bertz CT molecular complexity index is 1220. The van der Waals surface area contributed by atoms with Crippen molar-refractivity contribution >= 4 is 11.3 Å². The molecular formula is C24H25N5O2. The molecule has 7 heteroatoms. The molecule has 158 valence electrons. The van der Waals surface area contributed by atoms with Crippen LogP contribution in [-0.2, 0) is 11.3 Å². The van der Waals surface area contributed by atoms with Gasteiger partial charge in [-0.25, -0.2) is 9.50 Å². The van der Waals surface area contributed by atoms with E-state index in [0.717, 1.165) is 64.5 Å². The molecule has 1 unspecified atom stereocenters. The highest BCUT2D eigenvalue weighted by atomic mass is 16.5. The number of aliphatic hydroxyl groups is 1. The Hall–Kier alpha value is -3.29. The molecule has 31 heavy (non-hydrogen) atoms. The molecule has 4 heterocycles. The molecule has 0 saturated carbocycles. The van der Waals surface area contributed by atoms with Crippen LogP contribution in [0.2, 0.25) is 0 Å². The maximum absolute atomic E-state index is 10.1. The number of fused-ring (bicyclic) bond motifs is 1. The fourth-order valence-corrected chi connectivity index (χ4v) is 4.20. The first kappa shape index (κ1) is 19.7. The van der Waals surface area contributed by atoms with Crippen LogP contribution < -0.4 is 4.90 Å². The number of aliphatic hydroxyl groups excluding tert-OH is 1. The summed E-state index contributed by atoms with van der Waals surface area (Å²) in [6, 6.07) is 14.4. The molecule has 1 aromatic carbocycles. The van der Waals surface area contributed by atoms with E-state index in [1.54, 1.807) is 7.11 Å². The number of hydrogen-bond donors (Lipinski definition) is 1. The van der Waals surface area contributed by atoms with E-state index in [4.69, 9.17) is 4.74 Å². The van der Waals surface area contributed by atoms with Gasteiger partial charge in [0.1, 0.15) is 6.23 Å². The number of ether oxygens (including phenoxy) is 1. The fraction of sp³-hybridized carbons (Fsp3) is 0.292. The van der Waals surface area contributed by atoms with Gasteiger partial charge in [-0.1, -0.05) is 12.1 Å². The predicted octanol–water partition coefficient (Wildman–Crippen LogP) is 3.83. The van der Waals surface area contributed by atoms with E-state index in [0.29, 0.717) is 6.61 Å². The molecule has 5 rings (SSSR count). The van der Waals surface area contributed by atoms with Crippen LogP contribution in [0.25, 0.3) is 28.0 Å². The highest BCUT2D eigenvalue weighted by molar-refractivity contribution is 5.72. The molecule has 1 saturated heterocycles. The van der Waals surface area contributed by atoms with Crippen LogP contribution >= 0.6 is 0 Å². The lowest BCUT2D eigenvalue weighted by atomic mass is 10.0. The molecule has 0 aliphatic carbocycles. The standard InChI is InChI=1S/C24H25N5O2/c1-16-10-23-26-20(15-31-2)12-22(29(23)27-16)19-11-18(13-25-14-19)17-5-7-21(8-6-17)28-9-3-4-24(28)30/h5-8,10-14,24,30H,3-4,9,15H2,1-2H3. The number of pyridine rings is 1. The van der Waals surface area contributed by atoms with Crippen molar-refractivity contribution < 1.29 is 9.84 Å². The van der Waals surface area contributed by atoms with E-state index in [1.165, 1.54) is 0 Å². The first-order valence-corrected chi connectivity index (χ1v) is 10.5. The average molecular weight is 415 g/mol. The van der Waals surface area contributed by atoms with Gasteiger partial charge in [-0.3, -0.25) is 4.98 Å². The van der Waals surface area contributed by atoms with Gasteiger partial charge in [0.05, 0.1) is 23.7 Å². The minimum absolute atomic E-state index is 0.385. The highest BCUT2D eigenvalue weighted by Crippen LogP contribution is 2.30. The number of nitrogens with zero attached hydrogens (tertiary/aromatic N) is 5. The summed E-state index contributed by atoms with van der Waals surface area (Å²) in [4.78, 5) is 11.2. The van der Waals surface area contributed by atoms with Crippen LogP contribution in [0, 0.1) is 6.92 Å². The molecule has 1 aliphatic heterocycles. The summed E-state index contributed by atoms with van der Waals surface area (Å²) in [6.45, 7) is 3.29. The molecule has 1 N–H and O–H groups in total. The van der Waals surface area contributed by atoms with Crippen LogP contribution in [0.15, 0.2) is 54.9 Å². The van der Waals surface area contributed by atoms with Crippen LogP contribution in [0.4, 0.5) is 5.69 Å². The van der Waals surface area contributed by atoms with Crippen LogP contribution in [0.5, 0.6) is 0 Å². The summed E-state index contributed by atoms with van der Waals surface area (Å²) in [6.07, 6.45) is 5.18. The Morgan fingerprint density at radius 1 is 1.06 bits per heavy atom. The van der Waals surface area contributed by atoms with Crippen LogP contribution in [-0.4, -0.2) is 44.6 Å². The maximum Gasteiger partial charge on any atom is 0.156 e. The molecule has 7 nitrogen and oxygen atoms in total. The summed E-state index contributed by atoms with van der Waals surface area (Å²) in [5, 5.41) is 14.7. The molecule has 1 fully saturated rings. The number of hydrogen-bond acceptors (Lipinski definition) is 6. The van der Waals surface area contributed by atoms with Gasteiger partial charge in [-0.05, 0) is 49.6 Å². The zero-order chi connectivity index (χ0) is 21.4. The molecule has 0 amide bonds. The van der Waals surface area contributed by atoms with E-state index >= 15 is 0 Å². The van der Waals surface area contributed by atoms with Crippen molar-refractivity contribution in [1.29, 1.82) is 0 Å². The third-order valence-corrected chi connectivity index (χ3v) is 5.68. The van der Waals surface area contributed by atoms with Crippen molar-refractivity contribution in [2.24, 2.45) is 0 Å². The van der Waals surface area contributed by atoms with E-state index in [2.05, 4.69) is 45.4 Å². The molecular weight excluding hydrogens is 390 g/mol. The summed E-state index contributed by atoms with van der Waals surface area (Å²) < 4.78 is 7.15. The van der Waals surface area contributed by atoms with E-state index < -0.39 is 0 Å². The zero-order valence-corrected chi connectivity index (χ0v) is 17.7. The second-order valence-electron chi connectivity index (χ2n) is 7.95. The van der Waals surface area contributed by atoms with Gasteiger partial charge in [0.25, 0.3) is 0 Å². The lowest BCUT2D eigenvalue weighted by molar-refractivity contribution is 0.181. The van der Waals surface area contributed by atoms with Crippen LogP contribution in [0.1, 0.15) is 24.2 Å². The Balaban J connectivity index is 1.52. The summed E-state index contributed by atoms with van der Waals surface area (Å²) in [7, 11) is 1.67. The Morgan fingerprint density at radius 2 is 1.87 bits per heavy atom. The van der Waals surface area contributed by atoms with Crippen molar-refractivity contribution in [3.8, 4) is 22.4 Å². The topological polar surface area (TPSA) is 75.8 Å². The number of aryl methyl sites for hydroxylation is 1. The Labute approximate surface area is 181 Å². The summed E-state index contributed by atoms with van der Waals surface area (Å²) in [5.41, 5.74) is 7.58. The zero-order valence-electron chi connectivity index (χ0n) is 17.7. The van der Waals surface area contributed by atoms with Crippen molar-refractivity contribution in [3.05, 3.63) is 66.2 Å². The second-order valence-corrected chi connectivity index (χ2v) is 7.95. The van der Waals surface area contributed by atoms with Gasteiger partial charge in [-0.15, -0.1) is 0 Å². The van der Waals surface area contributed by atoms with Gasteiger partial charge in [-0.2, -0.15) is 5.10 Å². The van der Waals surface area contributed by atoms with Gasteiger partial charge in [0, 0.05) is 48.9 Å². The SMILES string of the molecule is COCc1cc(-c2cncc(-c3ccc(N4CCCC4O)cc3)c2)n2nc(C)cc2n1. The lowest BCUT2D eigenvalue weighted by Gasteiger charge is -2.22. The minimum Gasteiger partial charge on any atom is -0.378 e. The van der Waals surface area contributed by atoms with Crippen molar-refractivity contribution in [3.63, 3.8) is 0 Å². The van der Waals surface area contributed by atoms with Crippen LogP contribution in [0.3, 0.4) is 0 Å². The van der Waals surface area contributed by atoms with Crippen molar-refractivity contribution in [2.75, 3.05) is 18.6 Å². The van der Waals surface area contributed by atoms with Gasteiger partial charge in [0.15, 0.2) is 5.65 Å². The van der Waals surface area contributed by atoms with Gasteiger partial charge in [0.2, 0.25) is 0 Å². The van der Waals surface area contributed by atoms with E-state index in [-0.39, 0.29) is 6.23 Å². The maximum atomic E-state index is 10.1.